The fourth-order valence-electron chi connectivity index (χ4n) is 2.44. The molecule has 0 bridgehead atoms. The van der Waals surface area contributed by atoms with Gasteiger partial charge in [0.25, 0.3) is 0 Å². The van der Waals surface area contributed by atoms with Crippen LogP contribution in [0.5, 0.6) is 11.5 Å². The highest BCUT2D eigenvalue weighted by Crippen LogP contribution is 2.36. The van der Waals surface area contributed by atoms with E-state index in [0.29, 0.717) is 6.42 Å². The largest absolute Gasteiger partial charge is 0.497 e. The van der Waals surface area contributed by atoms with Crippen molar-refractivity contribution in [1.29, 1.82) is 0 Å². The highest BCUT2D eigenvalue weighted by molar-refractivity contribution is 5.43. The van der Waals surface area contributed by atoms with Gasteiger partial charge in [-0.2, -0.15) is 0 Å². The second kappa shape index (κ2) is 4.94. The molecule has 0 saturated carbocycles. The summed E-state index contributed by atoms with van der Waals surface area (Å²) in [5, 5.41) is 10.3. The Morgan fingerprint density at radius 2 is 1.95 bits per heavy atom. The lowest BCUT2D eigenvalue weighted by molar-refractivity contribution is 0.0207. The molecule has 0 spiro atoms. The van der Waals surface area contributed by atoms with Gasteiger partial charge in [-0.05, 0) is 23.8 Å². The number of methoxy groups -OCH3 is 1. The molecule has 0 amide bonds. The Kier molecular flexibility index (Phi) is 3.13. The van der Waals surface area contributed by atoms with Crippen LogP contribution in [0.1, 0.15) is 17.2 Å². The molecule has 3 heteroatoms. The molecule has 0 saturated heterocycles. The van der Waals surface area contributed by atoms with Crippen molar-refractivity contribution in [2.75, 3.05) is 7.11 Å². The zero-order valence-electron chi connectivity index (χ0n) is 10.7. The van der Waals surface area contributed by atoms with Crippen LogP contribution in [0.2, 0.25) is 0 Å². The standard InChI is InChI=1S/C16H16O3/c1-18-13-7-8-15-12(9-13)10-14(17)16(19-15)11-5-3-2-4-6-11/h2-9,14,16-17H,10H2,1H3. The van der Waals surface area contributed by atoms with E-state index in [-0.39, 0.29) is 6.10 Å². The summed E-state index contributed by atoms with van der Waals surface area (Å²) < 4.78 is 11.1. The van der Waals surface area contributed by atoms with Gasteiger partial charge in [0.2, 0.25) is 0 Å². The first kappa shape index (κ1) is 12.1. The number of hydrogen-bond acceptors (Lipinski definition) is 3. The molecule has 2 unspecified atom stereocenters. The van der Waals surface area contributed by atoms with Crippen LogP contribution in [0, 0.1) is 0 Å². The van der Waals surface area contributed by atoms with Gasteiger partial charge in [-0.1, -0.05) is 30.3 Å². The van der Waals surface area contributed by atoms with Gasteiger partial charge in [-0.3, -0.25) is 0 Å². The minimum Gasteiger partial charge on any atom is -0.497 e. The van der Waals surface area contributed by atoms with Crippen molar-refractivity contribution >= 4 is 0 Å². The smallest absolute Gasteiger partial charge is 0.150 e. The Morgan fingerprint density at radius 1 is 1.16 bits per heavy atom. The fourth-order valence-corrected chi connectivity index (χ4v) is 2.44. The Balaban J connectivity index is 1.92. The van der Waals surface area contributed by atoms with E-state index in [1.54, 1.807) is 7.11 Å². The summed E-state index contributed by atoms with van der Waals surface area (Å²) in [6.45, 7) is 0. The van der Waals surface area contributed by atoms with Gasteiger partial charge >= 0.3 is 0 Å². The number of hydrogen-bond donors (Lipinski definition) is 1. The zero-order valence-corrected chi connectivity index (χ0v) is 10.7. The van der Waals surface area contributed by atoms with Crippen LogP contribution >= 0.6 is 0 Å². The van der Waals surface area contributed by atoms with E-state index < -0.39 is 6.10 Å². The molecule has 2 aromatic rings. The minimum atomic E-state index is -0.540. The predicted molar refractivity (Wildman–Crippen MR) is 72.5 cm³/mol. The summed E-state index contributed by atoms with van der Waals surface area (Å²) in [4.78, 5) is 0. The van der Waals surface area contributed by atoms with Gasteiger partial charge in [0, 0.05) is 12.0 Å². The van der Waals surface area contributed by atoms with E-state index in [0.717, 1.165) is 22.6 Å². The first-order valence-electron chi connectivity index (χ1n) is 6.34. The summed E-state index contributed by atoms with van der Waals surface area (Å²) in [7, 11) is 1.63. The Hall–Kier alpha value is -2.00. The third-order valence-electron chi connectivity index (χ3n) is 3.43. The van der Waals surface area contributed by atoms with Crippen molar-refractivity contribution < 1.29 is 14.6 Å². The first-order valence-corrected chi connectivity index (χ1v) is 6.34. The second-order valence-corrected chi connectivity index (χ2v) is 4.69. The number of benzene rings is 2. The third kappa shape index (κ3) is 2.29. The Bertz CT molecular complexity index is 565. The van der Waals surface area contributed by atoms with Gasteiger partial charge in [-0.25, -0.2) is 0 Å². The minimum absolute atomic E-state index is 0.304. The maximum absolute atomic E-state index is 10.3. The van der Waals surface area contributed by atoms with Gasteiger partial charge in [-0.15, -0.1) is 0 Å². The number of fused-ring (bicyclic) bond motifs is 1. The molecule has 0 aromatic heterocycles. The topological polar surface area (TPSA) is 38.7 Å². The molecule has 19 heavy (non-hydrogen) atoms. The van der Waals surface area contributed by atoms with Crippen LogP contribution in [0.25, 0.3) is 0 Å². The molecule has 1 aliphatic rings. The van der Waals surface area contributed by atoms with Crippen molar-refractivity contribution in [3.63, 3.8) is 0 Å². The SMILES string of the molecule is COc1ccc2c(c1)CC(O)C(c1ccccc1)O2. The van der Waals surface area contributed by atoms with Gasteiger partial charge in [0.1, 0.15) is 17.6 Å². The number of rotatable bonds is 2. The summed E-state index contributed by atoms with van der Waals surface area (Å²) in [6, 6.07) is 15.5. The normalized spacial score (nSPS) is 21.4. The van der Waals surface area contributed by atoms with Crippen LogP contribution < -0.4 is 9.47 Å². The number of aliphatic hydroxyl groups excluding tert-OH is 1. The van der Waals surface area contributed by atoms with Crippen LogP contribution in [0.4, 0.5) is 0 Å². The van der Waals surface area contributed by atoms with Crippen LogP contribution in [-0.4, -0.2) is 18.3 Å². The van der Waals surface area contributed by atoms with E-state index in [2.05, 4.69) is 0 Å². The molecular weight excluding hydrogens is 240 g/mol. The molecule has 1 aliphatic heterocycles. The molecule has 0 radical (unpaired) electrons. The summed E-state index contributed by atoms with van der Waals surface area (Å²) >= 11 is 0. The monoisotopic (exact) mass is 256 g/mol. The first-order chi connectivity index (χ1) is 9.28. The van der Waals surface area contributed by atoms with E-state index in [9.17, 15) is 5.11 Å². The molecule has 0 aliphatic carbocycles. The maximum atomic E-state index is 10.3. The van der Waals surface area contributed by atoms with Crippen molar-refractivity contribution in [2.45, 2.75) is 18.6 Å². The quantitative estimate of drug-likeness (QED) is 0.898. The van der Waals surface area contributed by atoms with Crippen LogP contribution in [0.15, 0.2) is 48.5 Å². The summed E-state index contributed by atoms with van der Waals surface area (Å²) in [5.74, 6) is 1.60. The van der Waals surface area contributed by atoms with Crippen LogP contribution in [-0.2, 0) is 6.42 Å². The van der Waals surface area contributed by atoms with Gasteiger partial charge in [0.15, 0.2) is 0 Å². The fraction of sp³-hybridized carbons (Fsp3) is 0.250. The molecule has 3 nitrogen and oxygen atoms in total. The lowest BCUT2D eigenvalue weighted by Crippen LogP contribution is -2.30. The zero-order chi connectivity index (χ0) is 13.2. The van der Waals surface area contributed by atoms with Crippen LogP contribution in [0.3, 0.4) is 0 Å². The van der Waals surface area contributed by atoms with E-state index in [1.807, 2.05) is 48.5 Å². The van der Waals surface area contributed by atoms with E-state index in [4.69, 9.17) is 9.47 Å². The number of ether oxygens (including phenoxy) is 2. The van der Waals surface area contributed by atoms with Gasteiger partial charge in [0.05, 0.1) is 13.2 Å². The maximum Gasteiger partial charge on any atom is 0.150 e. The average Bonchev–Trinajstić information content (AvgIpc) is 2.47. The molecule has 2 atom stereocenters. The third-order valence-corrected chi connectivity index (χ3v) is 3.43. The summed E-state index contributed by atoms with van der Waals surface area (Å²) in [6.07, 6.45) is -0.268. The molecule has 1 heterocycles. The molecular formula is C16H16O3. The molecule has 2 aromatic carbocycles. The Morgan fingerprint density at radius 3 is 2.68 bits per heavy atom. The van der Waals surface area contributed by atoms with Crippen molar-refractivity contribution in [3.05, 3.63) is 59.7 Å². The molecule has 1 N–H and O–H groups in total. The van der Waals surface area contributed by atoms with Crippen molar-refractivity contribution in [2.24, 2.45) is 0 Å². The number of aliphatic hydroxyl groups is 1. The predicted octanol–water partition coefficient (Wildman–Crippen LogP) is 2.73. The van der Waals surface area contributed by atoms with Crippen molar-refractivity contribution in [3.8, 4) is 11.5 Å². The Labute approximate surface area is 112 Å². The molecule has 3 rings (SSSR count). The van der Waals surface area contributed by atoms with E-state index in [1.165, 1.54) is 0 Å². The summed E-state index contributed by atoms with van der Waals surface area (Å²) in [5.41, 5.74) is 1.98. The highest BCUT2D eigenvalue weighted by Gasteiger charge is 2.29. The lowest BCUT2D eigenvalue weighted by atomic mass is 9.95. The highest BCUT2D eigenvalue weighted by atomic mass is 16.5. The average molecular weight is 256 g/mol. The second-order valence-electron chi connectivity index (χ2n) is 4.69. The molecule has 98 valence electrons. The lowest BCUT2D eigenvalue weighted by Gasteiger charge is -2.31. The van der Waals surface area contributed by atoms with Gasteiger partial charge < -0.3 is 14.6 Å². The van der Waals surface area contributed by atoms with E-state index >= 15 is 0 Å². The van der Waals surface area contributed by atoms with Crippen molar-refractivity contribution in [1.82, 2.24) is 0 Å². The molecule has 0 fully saturated rings.